The standard InChI is InChI=1S/C32H49N5O4S.ClH/c1-4-19(2)28(33)32(41)36-25(10-11-42-3)30(39)34-18-27(38)35-26(17-20-8-6-5-7-9-20)31(40)37-29-23-13-21-12-22(15-23)16-24(29)14-21;/h5-9,19,21-26,28-29H,4,10-18,33H2,1-3H3,(H,34,39)(H,35,38)(H,36,41)(H,37,40);1H/t19?,21?,22?,23?,24?,25-,26+,28+,29?;/m1./s1. The topological polar surface area (TPSA) is 142 Å². The summed E-state index contributed by atoms with van der Waals surface area (Å²) < 4.78 is 0. The molecule has 0 radical (unpaired) electrons. The summed E-state index contributed by atoms with van der Waals surface area (Å²) in [7, 11) is 0. The van der Waals surface area contributed by atoms with Gasteiger partial charge in [0.25, 0.3) is 0 Å². The fraction of sp³-hybridized carbons (Fsp3) is 0.688. The van der Waals surface area contributed by atoms with E-state index >= 15 is 0 Å². The molecule has 11 heteroatoms. The average Bonchev–Trinajstić information content (AvgIpc) is 2.98. The summed E-state index contributed by atoms with van der Waals surface area (Å²) in [6.45, 7) is 3.57. The summed E-state index contributed by atoms with van der Waals surface area (Å²) in [5.74, 6) is 1.87. The first-order chi connectivity index (χ1) is 20.2. The fourth-order valence-electron chi connectivity index (χ4n) is 7.31. The molecule has 6 N–H and O–H groups in total. The van der Waals surface area contributed by atoms with E-state index in [1.165, 1.54) is 32.1 Å². The monoisotopic (exact) mass is 635 g/mol. The normalized spacial score (nSPS) is 26.3. The van der Waals surface area contributed by atoms with E-state index in [4.69, 9.17) is 5.73 Å². The predicted molar refractivity (Wildman–Crippen MR) is 174 cm³/mol. The Morgan fingerprint density at radius 3 is 2.12 bits per heavy atom. The fourth-order valence-corrected chi connectivity index (χ4v) is 7.78. The maximum atomic E-state index is 13.6. The Morgan fingerprint density at radius 1 is 0.907 bits per heavy atom. The van der Waals surface area contributed by atoms with Crippen molar-refractivity contribution in [1.29, 1.82) is 0 Å². The van der Waals surface area contributed by atoms with Crippen molar-refractivity contribution in [2.45, 2.75) is 89.4 Å². The van der Waals surface area contributed by atoms with Gasteiger partial charge in [0, 0.05) is 12.5 Å². The minimum atomic E-state index is -0.798. The molecule has 4 fully saturated rings. The highest BCUT2D eigenvalue weighted by Gasteiger charge is 2.49. The van der Waals surface area contributed by atoms with E-state index < -0.39 is 29.9 Å². The Morgan fingerprint density at radius 2 is 1.53 bits per heavy atom. The molecule has 4 atom stereocenters. The number of rotatable bonds is 15. The lowest BCUT2D eigenvalue weighted by atomic mass is 9.54. The number of hydrogen-bond acceptors (Lipinski definition) is 6. The van der Waals surface area contributed by atoms with Gasteiger partial charge in [0.2, 0.25) is 23.6 Å². The molecule has 4 saturated carbocycles. The number of halogens is 1. The SMILES string of the molecule is CCC(C)[C@H](N)C(=O)N[C@H](CCSC)C(=O)NCC(=O)N[C@@H](Cc1ccccc1)C(=O)NC1C2CC3CC(C2)CC1C3.Cl. The van der Waals surface area contributed by atoms with Crippen molar-refractivity contribution >= 4 is 47.8 Å². The van der Waals surface area contributed by atoms with Gasteiger partial charge in [0.1, 0.15) is 12.1 Å². The highest BCUT2D eigenvalue weighted by molar-refractivity contribution is 7.98. The van der Waals surface area contributed by atoms with E-state index in [0.29, 0.717) is 30.4 Å². The summed E-state index contributed by atoms with van der Waals surface area (Å²) in [4.78, 5) is 52.4. The van der Waals surface area contributed by atoms with Gasteiger partial charge in [-0.25, -0.2) is 0 Å². The Bertz CT molecular complexity index is 1060. The Labute approximate surface area is 266 Å². The van der Waals surface area contributed by atoms with Crippen molar-refractivity contribution in [3.05, 3.63) is 35.9 Å². The van der Waals surface area contributed by atoms with Gasteiger partial charge in [-0.1, -0.05) is 50.6 Å². The largest absolute Gasteiger partial charge is 0.351 e. The van der Waals surface area contributed by atoms with Crippen molar-refractivity contribution in [2.24, 2.45) is 35.3 Å². The van der Waals surface area contributed by atoms with Gasteiger partial charge in [-0.15, -0.1) is 12.4 Å². The van der Waals surface area contributed by atoms with Gasteiger partial charge in [-0.05, 0) is 85.7 Å². The second kappa shape index (κ2) is 16.7. The molecule has 1 aromatic carbocycles. The Balaban J connectivity index is 0.00000506. The summed E-state index contributed by atoms with van der Waals surface area (Å²) in [5, 5.41) is 11.6. The molecule has 43 heavy (non-hydrogen) atoms. The Kier molecular flexibility index (Phi) is 13.6. The van der Waals surface area contributed by atoms with Crippen LogP contribution in [0.2, 0.25) is 0 Å². The molecule has 240 valence electrons. The number of nitrogens with one attached hydrogen (secondary N) is 4. The van der Waals surface area contributed by atoms with Crippen molar-refractivity contribution < 1.29 is 19.2 Å². The van der Waals surface area contributed by atoms with Crippen LogP contribution in [0.1, 0.15) is 64.4 Å². The van der Waals surface area contributed by atoms with Gasteiger partial charge < -0.3 is 27.0 Å². The number of nitrogens with two attached hydrogens (primary N) is 1. The number of thioether (sulfide) groups is 1. The second-order valence-corrected chi connectivity index (χ2v) is 13.7. The lowest BCUT2D eigenvalue weighted by Crippen LogP contribution is -2.60. The first kappa shape index (κ1) is 35.2. The summed E-state index contributed by atoms with van der Waals surface area (Å²) in [5.41, 5.74) is 7.02. The molecule has 1 unspecified atom stereocenters. The minimum Gasteiger partial charge on any atom is -0.351 e. The van der Waals surface area contributed by atoms with Crippen LogP contribution in [0, 0.1) is 29.6 Å². The maximum absolute atomic E-state index is 13.6. The van der Waals surface area contributed by atoms with Crippen LogP contribution < -0.4 is 27.0 Å². The molecular formula is C32H50ClN5O4S. The number of carbonyl (C=O) groups is 4. The van der Waals surface area contributed by atoms with E-state index in [0.717, 1.165) is 23.8 Å². The van der Waals surface area contributed by atoms with Gasteiger partial charge >= 0.3 is 0 Å². The van der Waals surface area contributed by atoms with Gasteiger partial charge in [-0.2, -0.15) is 11.8 Å². The molecule has 0 aromatic heterocycles. The zero-order valence-corrected chi connectivity index (χ0v) is 27.3. The molecule has 5 rings (SSSR count). The van der Waals surface area contributed by atoms with Crippen LogP contribution in [0.3, 0.4) is 0 Å². The zero-order valence-electron chi connectivity index (χ0n) is 25.7. The van der Waals surface area contributed by atoms with E-state index in [9.17, 15) is 19.2 Å². The number of benzene rings is 1. The Hall–Kier alpha value is -2.30. The van der Waals surface area contributed by atoms with E-state index in [-0.39, 0.29) is 42.7 Å². The van der Waals surface area contributed by atoms with Crippen LogP contribution in [0.4, 0.5) is 0 Å². The second-order valence-electron chi connectivity index (χ2n) is 12.7. The molecule has 0 heterocycles. The molecule has 4 aliphatic carbocycles. The van der Waals surface area contributed by atoms with Crippen LogP contribution in [0.25, 0.3) is 0 Å². The minimum absolute atomic E-state index is 0. The van der Waals surface area contributed by atoms with E-state index in [2.05, 4.69) is 21.3 Å². The summed E-state index contributed by atoms with van der Waals surface area (Å²) in [6, 6.07) is 7.55. The molecule has 1 aromatic rings. The third-order valence-corrected chi connectivity index (χ3v) is 10.3. The quantitative estimate of drug-likeness (QED) is 0.201. The number of hydrogen-bond donors (Lipinski definition) is 5. The maximum Gasteiger partial charge on any atom is 0.243 e. The summed E-state index contributed by atoms with van der Waals surface area (Å²) >= 11 is 1.57. The zero-order chi connectivity index (χ0) is 30.2. The number of amides is 4. The highest BCUT2D eigenvalue weighted by atomic mass is 35.5. The third kappa shape index (κ3) is 9.59. The lowest BCUT2D eigenvalue weighted by molar-refractivity contribution is -0.133. The van der Waals surface area contributed by atoms with E-state index in [1.54, 1.807) is 11.8 Å². The third-order valence-electron chi connectivity index (χ3n) is 9.70. The molecule has 9 nitrogen and oxygen atoms in total. The van der Waals surface area contributed by atoms with Crippen LogP contribution in [-0.4, -0.2) is 66.3 Å². The molecule has 4 amide bonds. The average molecular weight is 636 g/mol. The van der Waals surface area contributed by atoms with Gasteiger partial charge in [0.05, 0.1) is 12.6 Å². The van der Waals surface area contributed by atoms with Crippen molar-refractivity contribution in [1.82, 2.24) is 21.3 Å². The van der Waals surface area contributed by atoms with Gasteiger partial charge in [-0.3, -0.25) is 19.2 Å². The molecule has 4 aliphatic rings. The van der Waals surface area contributed by atoms with Crippen LogP contribution >= 0.6 is 24.2 Å². The molecular weight excluding hydrogens is 586 g/mol. The number of carbonyl (C=O) groups excluding carboxylic acids is 4. The van der Waals surface area contributed by atoms with Crippen molar-refractivity contribution in [3.63, 3.8) is 0 Å². The highest BCUT2D eigenvalue weighted by Crippen LogP contribution is 2.53. The summed E-state index contributed by atoms with van der Waals surface area (Å²) in [6.07, 6.45) is 9.56. The van der Waals surface area contributed by atoms with Crippen molar-refractivity contribution in [3.8, 4) is 0 Å². The predicted octanol–water partition coefficient (Wildman–Crippen LogP) is 2.80. The molecule has 4 bridgehead atoms. The van der Waals surface area contributed by atoms with Crippen molar-refractivity contribution in [2.75, 3.05) is 18.6 Å². The first-order valence-corrected chi connectivity index (χ1v) is 17.0. The van der Waals surface area contributed by atoms with Crippen LogP contribution in [0.5, 0.6) is 0 Å². The van der Waals surface area contributed by atoms with Gasteiger partial charge in [0.15, 0.2) is 0 Å². The van der Waals surface area contributed by atoms with E-state index in [1.807, 2.05) is 50.4 Å². The molecule has 0 aliphatic heterocycles. The molecule has 0 spiro atoms. The first-order valence-electron chi connectivity index (χ1n) is 15.6. The molecule has 0 saturated heterocycles. The smallest absolute Gasteiger partial charge is 0.243 e. The van der Waals surface area contributed by atoms with Crippen LogP contribution in [-0.2, 0) is 25.6 Å². The van der Waals surface area contributed by atoms with Crippen LogP contribution in [0.15, 0.2) is 30.3 Å². The lowest BCUT2D eigenvalue weighted by Gasteiger charge is -2.54.